The van der Waals surface area contributed by atoms with Crippen molar-refractivity contribution >= 4 is 5.91 Å². The molecule has 0 aromatic carbocycles. The zero-order valence-corrected chi connectivity index (χ0v) is 59.5. The number of aliphatic hydroxyl groups is 11. The van der Waals surface area contributed by atoms with Crippen LogP contribution in [0.2, 0.25) is 0 Å². The smallest absolute Gasteiger partial charge is 0.220 e. The van der Waals surface area contributed by atoms with Crippen molar-refractivity contribution in [2.24, 2.45) is 0 Å². The van der Waals surface area contributed by atoms with Gasteiger partial charge < -0.3 is 89.9 Å². The van der Waals surface area contributed by atoms with Crippen LogP contribution in [-0.4, -0.2) is 193 Å². The predicted octanol–water partition coefficient (Wildman–Crippen LogP) is 12.2. The molecule has 0 aromatic rings. The highest BCUT2D eigenvalue weighted by atomic mass is 16.8. The Morgan fingerprint density at radius 1 is 0.340 bits per heavy atom. The first-order valence-electron chi connectivity index (χ1n) is 39.3. The average Bonchev–Trinajstić information content (AvgIpc) is 0.787. The van der Waals surface area contributed by atoms with Crippen molar-refractivity contribution in [2.75, 3.05) is 26.4 Å². The van der Waals surface area contributed by atoms with Crippen LogP contribution in [-0.2, 0) is 33.2 Å². The number of aliphatic hydroxyl groups excluding tert-OH is 11. The van der Waals surface area contributed by atoms with Crippen LogP contribution in [0.4, 0.5) is 0 Å². The van der Waals surface area contributed by atoms with Gasteiger partial charge in [-0.15, -0.1) is 0 Å². The molecule has 558 valence electrons. The second kappa shape index (κ2) is 57.4. The minimum absolute atomic E-state index is 0.234. The Balaban J connectivity index is 1.36. The normalized spacial score (nSPS) is 27.3. The fourth-order valence-electron chi connectivity index (χ4n) is 13.8. The van der Waals surface area contributed by atoms with E-state index in [1.807, 2.05) is 0 Å². The number of carbonyl (C=O) groups excluding carboxylic acids is 1. The Bertz CT molecular complexity index is 1700. The van der Waals surface area contributed by atoms with Crippen LogP contribution in [0.5, 0.6) is 0 Å². The van der Waals surface area contributed by atoms with Crippen LogP contribution in [0.3, 0.4) is 0 Å². The molecule has 0 radical (unpaired) electrons. The molecule has 17 atom stereocenters. The summed E-state index contributed by atoms with van der Waals surface area (Å²) in [6.07, 6.45) is 37.7. The number of hydrogen-bond donors (Lipinski definition) is 12. The number of unbranched alkanes of at least 4 members (excludes halogenated alkanes) is 47. The molecule has 0 saturated carbocycles. The van der Waals surface area contributed by atoms with Crippen LogP contribution in [0, 0.1) is 0 Å². The van der Waals surface area contributed by atoms with Gasteiger partial charge in [-0.1, -0.05) is 322 Å². The quantitative estimate of drug-likeness (QED) is 0.0252. The second-order valence-electron chi connectivity index (χ2n) is 28.5. The van der Waals surface area contributed by atoms with E-state index in [2.05, 4.69) is 19.2 Å². The van der Waals surface area contributed by atoms with Crippen molar-refractivity contribution < 1.29 is 89.4 Å². The number of hydrogen-bond acceptors (Lipinski definition) is 18. The maximum absolute atomic E-state index is 13.5. The number of rotatable bonds is 63. The van der Waals surface area contributed by atoms with Gasteiger partial charge in [-0.3, -0.25) is 4.79 Å². The lowest BCUT2D eigenvalue weighted by atomic mass is 9.96. The molecule has 0 spiro atoms. The van der Waals surface area contributed by atoms with Gasteiger partial charge in [0, 0.05) is 6.42 Å². The molecule has 0 bridgehead atoms. The van der Waals surface area contributed by atoms with E-state index in [0.29, 0.717) is 12.8 Å². The van der Waals surface area contributed by atoms with Crippen LogP contribution in [0.15, 0.2) is 0 Å². The van der Waals surface area contributed by atoms with E-state index >= 15 is 0 Å². The Morgan fingerprint density at radius 3 is 0.926 bits per heavy atom. The minimum atomic E-state index is -1.97. The molecular weight excluding hydrogens is 1200 g/mol. The summed E-state index contributed by atoms with van der Waals surface area (Å²) < 4.78 is 34.5. The van der Waals surface area contributed by atoms with Crippen LogP contribution >= 0.6 is 0 Å². The summed E-state index contributed by atoms with van der Waals surface area (Å²) in [5.41, 5.74) is 0. The number of nitrogens with one attached hydrogen (secondary N) is 1. The molecule has 12 N–H and O–H groups in total. The van der Waals surface area contributed by atoms with Crippen molar-refractivity contribution in [1.82, 2.24) is 5.32 Å². The third-order valence-electron chi connectivity index (χ3n) is 20.2. The van der Waals surface area contributed by atoms with Gasteiger partial charge in [-0.05, 0) is 12.8 Å². The van der Waals surface area contributed by atoms with Crippen molar-refractivity contribution in [3.63, 3.8) is 0 Å². The molecule has 17 unspecified atom stereocenters. The van der Waals surface area contributed by atoms with Crippen molar-refractivity contribution in [1.29, 1.82) is 0 Å². The second-order valence-corrected chi connectivity index (χ2v) is 28.5. The summed E-state index contributed by atoms with van der Waals surface area (Å²) >= 11 is 0. The number of carbonyl (C=O) groups is 1. The fraction of sp³-hybridized carbons (Fsp3) is 0.987. The van der Waals surface area contributed by atoms with Crippen molar-refractivity contribution in [2.45, 2.75) is 446 Å². The predicted molar refractivity (Wildman–Crippen MR) is 370 cm³/mol. The van der Waals surface area contributed by atoms with E-state index in [-0.39, 0.29) is 18.9 Å². The monoisotopic (exact) mass is 1350 g/mol. The lowest BCUT2D eigenvalue weighted by molar-refractivity contribution is -0.379. The molecular formula is C75H145NO18. The first-order chi connectivity index (χ1) is 45.8. The van der Waals surface area contributed by atoms with E-state index in [1.165, 1.54) is 263 Å². The van der Waals surface area contributed by atoms with E-state index < -0.39 is 124 Å². The average molecular weight is 1350 g/mol. The molecule has 3 aliphatic heterocycles. The Labute approximate surface area is 570 Å². The largest absolute Gasteiger partial charge is 0.394 e. The standard InChI is InChI=1S/C75H145NO18/c1-3-5-7-9-11-13-15-17-19-21-23-24-25-26-27-28-29-30-31-32-33-34-35-36-38-40-42-44-46-48-50-52-59(80)58(76-63(81)53-51-49-47-45-43-41-39-37-22-20-18-16-14-12-10-8-6-4-2)57-89-73-69(87)66(84)71(61(55-78)91-73)94-75-70(88)67(85)72(62(56-79)92-75)93-74-68(86)65(83)64(82)60(54-77)90-74/h58-62,64-75,77-80,82-88H,3-57H2,1-2H3,(H,76,81). The summed E-state index contributed by atoms with van der Waals surface area (Å²) in [6.45, 7) is 1.86. The molecule has 19 heteroatoms. The van der Waals surface area contributed by atoms with Crippen LogP contribution in [0.1, 0.15) is 341 Å². The molecule has 19 nitrogen and oxygen atoms in total. The van der Waals surface area contributed by atoms with Crippen LogP contribution in [0.25, 0.3) is 0 Å². The number of amides is 1. The third kappa shape index (κ3) is 38.0. The zero-order chi connectivity index (χ0) is 68.2. The minimum Gasteiger partial charge on any atom is -0.394 e. The van der Waals surface area contributed by atoms with E-state index in [4.69, 9.17) is 28.4 Å². The maximum Gasteiger partial charge on any atom is 0.220 e. The summed E-state index contributed by atoms with van der Waals surface area (Å²) in [7, 11) is 0. The Hall–Kier alpha value is -1.21. The van der Waals surface area contributed by atoms with Crippen molar-refractivity contribution in [3.8, 4) is 0 Å². The van der Waals surface area contributed by atoms with Crippen molar-refractivity contribution in [3.05, 3.63) is 0 Å². The maximum atomic E-state index is 13.5. The van der Waals surface area contributed by atoms with Gasteiger partial charge in [0.05, 0.1) is 38.6 Å². The third-order valence-corrected chi connectivity index (χ3v) is 20.2. The lowest BCUT2D eigenvalue weighted by Crippen LogP contribution is -2.66. The SMILES string of the molecule is CCCCCCCCCCCCCCCCCCCCCCCCCCCCCCCCCC(O)C(COC1OC(CO)C(OC2OC(CO)C(OC3OC(CO)C(O)C(O)C3O)C(O)C2O)C(O)C1O)NC(=O)CCCCCCCCCCCCCCCCCCCC. The van der Waals surface area contributed by atoms with Crippen LogP contribution < -0.4 is 5.32 Å². The summed E-state index contributed by atoms with van der Waals surface area (Å²) in [4.78, 5) is 13.5. The van der Waals surface area contributed by atoms with E-state index in [1.54, 1.807) is 0 Å². The zero-order valence-electron chi connectivity index (χ0n) is 59.5. The van der Waals surface area contributed by atoms with Gasteiger partial charge in [0.1, 0.15) is 73.2 Å². The molecule has 0 aliphatic carbocycles. The summed E-state index contributed by atoms with van der Waals surface area (Å²) in [5, 5.41) is 121. The fourth-order valence-corrected chi connectivity index (χ4v) is 13.8. The highest BCUT2D eigenvalue weighted by molar-refractivity contribution is 5.76. The molecule has 3 heterocycles. The Kier molecular flexibility index (Phi) is 53.1. The first-order valence-corrected chi connectivity index (χ1v) is 39.3. The summed E-state index contributed by atoms with van der Waals surface area (Å²) in [6, 6.07) is -0.882. The van der Waals surface area contributed by atoms with Gasteiger partial charge >= 0.3 is 0 Å². The molecule has 1 amide bonds. The summed E-state index contributed by atoms with van der Waals surface area (Å²) in [5.74, 6) is -0.234. The van der Waals surface area contributed by atoms with Gasteiger partial charge in [0.25, 0.3) is 0 Å². The highest BCUT2D eigenvalue weighted by Crippen LogP contribution is 2.33. The molecule has 0 aromatic heterocycles. The topological polar surface area (TPSA) is 307 Å². The first kappa shape index (κ1) is 87.0. The van der Waals surface area contributed by atoms with Gasteiger partial charge in [0.2, 0.25) is 5.91 Å². The molecule has 94 heavy (non-hydrogen) atoms. The Morgan fingerprint density at radius 2 is 0.606 bits per heavy atom. The van der Waals surface area contributed by atoms with Gasteiger partial charge in [-0.2, -0.15) is 0 Å². The van der Waals surface area contributed by atoms with E-state index in [0.717, 1.165) is 44.9 Å². The lowest BCUT2D eigenvalue weighted by Gasteiger charge is -2.48. The molecule has 3 saturated heterocycles. The number of ether oxygens (including phenoxy) is 6. The van der Waals surface area contributed by atoms with Gasteiger partial charge in [-0.25, -0.2) is 0 Å². The molecule has 3 aliphatic rings. The molecule has 3 fully saturated rings. The van der Waals surface area contributed by atoms with E-state index in [9.17, 15) is 61.0 Å². The molecule has 3 rings (SSSR count). The highest BCUT2D eigenvalue weighted by Gasteiger charge is 2.54. The van der Waals surface area contributed by atoms with Gasteiger partial charge in [0.15, 0.2) is 18.9 Å².